The van der Waals surface area contributed by atoms with E-state index < -0.39 is 6.04 Å². The van der Waals surface area contributed by atoms with E-state index in [1.54, 1.807) is 13.1 Å². The first-order chi connectivity index (χ1) is 16.6. The average Bonchev–Trinajstić information content (AvgIpc) is 2.86. The largest absolute Gasteiger partial charge is 0.466 e. The lowest BCUT2D eigenvalue weighted by Crippen LogP contribution is -2.30. The molecule has 0 unspecified atom stereocenters. The Bertz CT molecular complexity index is 1150. The van der Waals surface area contributed by atoms with Crippen LogP contribution in [0.2, 0.25) is 0 Å². The highest BCUT2D eigenvalue weighted by Gasteiger charge is 2.20. The molecule has 1 aromatic carbocycles. The molecule has 3 N–H and O–H groups in total. The van der Waals surface area contributed by atoms with Gasteiger partial charge in [-0.2, -0.15) is 0 Å². The van der Waals surface area contributed by atoms with Crippen molar-refractivity contribution >= 4 is 34.3 Å². The van der Waals surface area contributed by atoms with Crippen molar-refractivity contribution in [3.63, 3.8) is 0 Å². The van der Waals surface area contributed by atoms with Crippen molar-refractivity contribution in [2.24, 2.45) is 0 Å². The van der Waals surface area contributed by atoms with Gasteiger partial charge in [0.2, 0.25) is 5.91 Å². The van der Waals surface area contributed by atoms with Crippen molar-refractivity contribution in [2.75, 3.05) is 30.3 Å². The number of hydrogen-bond donors (Lipinski definition) is 3. The lowest BCUT2D eigenvalue weighted by Gasteiger charge is -2.19. The van der Waals surface area contributed by atoms with E-state index in [2.05, 4.69) is 25.9 Å². The van der Waals surface area contributed by atoms with Crippen LogP contribution in [0.25, 0.3) is 10.9 Å². The monoisotopic (exact) mass is 461 g/mol. The zero-order chi connectivity index (χ0) is 23.8. The predicted molar refractivity (Wildman–Crippen MR) is 133 cm³/mol. The predicted octanol–water partition coefficient (Wildman–Crippen LogP) is 3.99. The van der Waals surface area contributed by atoms with E-state index >= 15 is 0 Å². The summed E-state index contributed by atoms with van der Waals surface area (Å²) < 4.78 is 5.12. The average molecular weight is 462 g/mol. The maximum atomic E-state index is 12.7. The normalized spacial score (nSPS) is 13.3. The number of fused-ring (bicyclic) bond motifs is 2. The number of unbranched alkanes of at least 4 members (excludes halogenated alkanes) is 1. The van der Waals surface area contributed by atoms with Crippen LogP contribution in [0.3, 0.4) is 0 Å². The Morgan fingerprint density at radius 2 is 1.97 bits per heavy atom. The van der Waals surface area contributed by atoms with Gasteiger partial charge < -0.3 is 20.7 Å². The fourth-order valence-electron chi connectivity index (χ4n) is 4.07. The molecule has 4 rings (SSSR count). The Morgan fingerprint density at radius 1 is 1.12 bits per heavy atom. The van der Waals surface area contributed by atoms with Gasteiger partial charge in [0.1, 0.15) is 5.82 Å². The number of benzene rings is 1. The zero-order valence-corrected chi connectivity index (χ0v) is 19.5. The number of pyridine rings is 2. The topological polar surface area (TPSA) is 105 Å². The Labute approximate surface area is 199 Å². The lowest BCUT2D eigenvalue weighted by atomic mass is 10.0. The summed E-state index contributed by atoms with van der Waals surface area (Å²) in [5.74, 6) is 0.460. The fourth-order valence-corrected chi connectivity index (χ4v) is 4.07. The maximum Gasteiger partial charge on any atom is 0.308 e. The summed E-state index contributed by atoms with van der Waals surface area (Å²) in [6.45, 7) is 3.84. The van der Waals surface area contributed by atoms with Gasteiger partial charge in [-0.1, -0.05) is 18.2 Å². The Hall–Kier alpha value is -3.68. The molecule has 1 amide bonds. The molecule has 1 aliphatic heterocycles. The zero-order valence-electron chi connectivity index (χ0n) is 19.5. The van der Waals surface area contributed by atoms with Gasteiger partial charge in [0.05, 0.1) is 30.3 Å². The van der Waals surface area contributed by atoms with Crippen molar-refractivity contribution in [3.8, 4) is 0 Å². The van der Waals surface area contributed by atoms with Crippen LogP contribution in [0.1, 0.15) is 49.9 Å². The number of nitrogens with zero attached hydrogens (tertiary/aromatic N) is 2. The minimum absolute atomic E-state index is 0.0691. The van der Waals surface area contributed by atoms with E-state index in [0.717, 1.165) is 66.0 Å². The summed E-state index contributed by atoms with van der Waals surface area (Å²) in [6, 6.07) is 13.3. The number of esters is 1. The highest BCUT2D eigenvalue weighted by molar-refractivity contribution is 5.81. The fraction of sp³-hybridized carbons (Fsp3) is 0.385. The van der Waals surface area contributed by atoms with Crippen LogP contribution in [0.5, 0.6) is 0 Å². The molecule has 0 saturated carbocycles. The van der Waals surface area contributed by atoms with Gasteiger partial charge in [-0.15, -0.1) is 0 Å². The van der Waals surface area contributed by atoms with Gasteiger partial charge in [0, 0.05) is 36.8 Å². The first-order valence-corrected chi connectivity index (χ1v) is 11.9. The Balaban J connectivity index is 1.33. The summed E-state index contributed by atoms with van der Waals surface area (Å²) in [6.07, 6.45) is 4.57. The van der Waals surface area contributed by atoms with Crippen molar-refractivity contribution in [3.05, 3.63) is 59.9 Å². The molecule has 0 fully saturated rings. The molecule has 3 aromatic rings. The summed E-state index contributed by atoms with van der Waals surface area (Å²) >= 11 is 0. The second kappa shape index (κ2) is 11.4. The Morgan fingerprint density at radius 3 is 2.85 bits per heavy atom. The number of nitrogens with one attached hydrogen (secondary N) is 3. The van der Waals surface area contributed by atoms with E-state index in [0.29, 0.717) is 13.0 Å². The van der Waals surface area contributed by atoms with Crippen molar-refractivity contribution in [1.29, 1.82) is 0 Å². The third-order valence-corrected chi connectivity index (χ3v) is 5.80. The number of carbonyl (C=O) groups excluding carboxylic acids is 2. The van der Waals surface area contributed by atoms with E-state index in [-0.39, 0.29) is 18.3 Å². The van der Waals surface area contributed by atoms with Crippen LogP contribution >= 0.6 is 0 Å². The first-order valence-electron chi connectivity index (χ1n) is 11.9. The number of ether oxygens (including phenoxy) is 1. The number of anilines is 2. The molecule has 0 spiro atoms. The molecule has 2 aromatic heterocycles. The van der Waals surface area contributed by atoms with Crippen molar-refractivity contribution in [1.82, 2.24) is 15.3 Å². The van der Waals surface area contributed by atoms with E-state index in [9.17, 15) is 9.59 Å². The molecule has 0 aliphatic carbocycles. The van der Waals surface area contributed by atoms with E-state index in [1.165, 1.54) is 0 Å². The molecule has 0 bridgehead atoms. The quantitative estimate of drug-likeness (QED) is 0.310. The summed E-state index contributed by atoms with van der Waals surface area (Å²) in [7, 11) is 0. The Kier molecular flexibility index (Phi) is 7.91. The number of hydrogen-bond acceptors (Lipinski definition) is 7. The van der Waals surface area contributed by atoms with Gasteiger partial charge in [0.25, 0.3) is 0 Å². The van der Waals surface area contributed by atoms with Crippen LogP contribution in [0.4, 0.5) is 11.5 Å². The van der Waals surface area contributed by atoms with Gasteiger partial charge in [-0.25, -0.2) is 4.98 Å². The maximum absolute atomic E-state index is 12.7. The van der Waals surface area contributed by atoms with Gasteiger partial charge in [0.15, 0.2) is 0 Å². The molecular formula is C26H31N5O3. The van der Waals surface area contributed by atoms with Crippen LogP contribution in [0.15, 0.2) is 48.7 Å². The molecule has 8 nitrogen and oxygen atoms in total. The summed E-state index contributed by atoms with van der Waals surface area (Å²) in [5, 5.41) is 10.6. The number of rotatable bonds is 10. The minimum Gasteiger partial charge on any atom is -0.466 e. The molecule has 1 aliphatic rings. The van der Waals surface area contributed by atoms with Crippen molar-refractivity contribution < 1.29 is 14.3 Å². The lowest BCUT2D eigenvalue weighted by molar-refractivity contribution is -0.143. The number of carbonyl (C=O) groups is 2. The number of aryl methyl sites for hydroxylation is 1. The van der Waals surface area contributed by atoms with Crippen LogP contribution in [0, 0.1) is 0 Å². The van der Waals surface area contributed by atoms with E-state index in [1.807, 2.05) is 42.5 Å². The molecule has 178 valence electrons. The first kappa shape index (κ1) is 23.5. The molecule has 34 heavy (non-hydrogen) atoms. The second-order valence-electron chi connectivity index (χ2n) is 8.35. The molecule has 0 saturated heterocycles. The molecule has 0 radical (unpaired) electrons. The number of aromatic nitrogens is 2. The highest BCUT2D eigenvalue weighted by Crippen LogP contribution is 2.23. The number of para-hydroxylation sites is 1. The van der Waals surface area contributed by atoms with E-state index in [4.69, 9.17) is 4.74 Å². The summed E-state index contributed by atoms with van der Waals surface area (Å²) in [5.41, 5.74) is 3.71. The second-order valence-corrected chi connectivity index (χ2v) is 8.35. The van der Waals surface area contributed by atoms with Crippen molar-refractivity contribution in [2.45, 2.75) is 45.1 Å². The van der Waals surface area contributed by atoms with Gasteiger partial charge in [-0.3, -0.25) is 14.6 Å². The van der Waals surface area contributed by atoms with Crippen LogP contribution in [-0.2, 0) is 20.7 Å². The third-order valence-electron chi connectivity index (χ3n) is 5.80. The molecule has 8 heteroatoms. The van der Waals surface area contributed by atoms with Gasteiger partial charge in [-0.05, 0) is 56.0 Å². The standard InChI is InChI=1S/C26H31N5O3/c1-2-34-25(33)16-23(19-15-18-7-3-5-9-21(18)29-17-19)31-24(32)10-6-4-8-20-11-12-22-26(30-20)28-14-13-27-22/h3,5,7,9,11-12,15,17,23,27H,2,4,6,8,10,13-14,16H2,1H3,(H,28,30)(H,31,32)/t23-/m0/s1. The summed E-state index contributed by atoms with van der Waals surface area (Å²) in [4.78, 5) is 34.0. The van der Waals surface area contributed by atoms with Crippen LogP contribution in [-0.4, -0.2) is 41.5 Å². The third kappa shape index (κ3) is 6.21. The molecular weight excluding hydrogens is 430 g/mol. The van der Waals surface area contributed by atoms with Gasteiger partial charge >= 0.3 is 5.97 Å². The minimum atomic E-state index is -0.482. The smallest absolute Gasteiger partial charge is 0.308 e. The van der Waals surface area contributed by atoms with Crippen LogP contribution < -0.4 is 16.0 Å². The molecule has 3 heterocycles. The SMILES string of the molecule is CCOC(=O)C[C@H](NC(=O)CCCCc1ccc2c(n1)NCCN2)c1cnc2ccccc2c1. The number of amides is 1. The highest BCUT2D eigenvalue weighted by atomic mass is 16.5. The molecule has 1 atom stereocenters.